The van der Waals surface area contributed by atoms with Crippen LogP contribution in [0.4, 0.5) is 8.78 Å². The van der Waals surface area contributed by atoms with Crippen LogP contribution in [0.3, 0.4) is 0 Å². The first-order chi connectivity index (χ1) is 9.08. The molecule has 1 heterocycles. The summed E-state index contributed by atoms with van der Waals surface area (Å²) in [5.41, 5.74) is 8.37. The Bertz CT molecular complexity index is 532. The average molecular weight is 262 g/mol. The van der Waals surface area contributed by atoms with Gasteiger partial charge in [-0.1, -0.05) is 13.0 Å². The van der Waals surface area contributed by atoms with Crippen LogP contribution in [0, 0.1) is 11.6 Å². The maximum absolute atomic E-state index is 13.1. The molecular formula is C15H16F2N2. The quantitative estimate of drug-likeness (QED) is 0.919. The smallest absolute Gasteiger partial charge is 0.126 e. The van der Waals surface area contributed by atoms with Gasteiger partial charge in [-0.2, -0.15) is 0 Å². The fraction of sp³-hybridized carbons (Fsp3) is 0.267. The Morgan fingerprint density at radius 3 is 2.37 bits per heavy atom. The number of halogens is 2. The zero-order chi connectivity index (χ0) is 13.8. The summed E-state index contributed by atoms with van der Waals surface area (Å²) in [5.74, 6) is -1.22. The zero-order valence-corrected chi connectivity index (χ0v) is 10.7. The van der Waals surface area contributed by atoms with Crippen LogP contribution in [0.2, 0.25) is 0 Å². The van der Waals surface area contributed by atoms with Crippen LogP contribution in [0.15, 0.2) is 36.5 Å². The van der Waals surface area contributed by atoms with Gasteiger partial charge in [-0.3, -0.25) is 4.98 Å². The van der Waals surface area contributed by atoms with E-state index in [2.05, 4.69) is 11.9 Å². The summed E-state index contributed by atoms with van der Waals surface area (Å²) in [6, 6.07) is 6.77. The average Bonchev–Trinajstić information content (AvgIpc) is 2.38. The minimum absolute atomic E-state index is 0.443. The van der Waals surface area contributed by atoms with Gasteiger partial charge in [0.25, 0.3) is 0 Å². The van der Waals surface area contributed by atoms with Crippen molar-refractivity contribution in [3.8, 4) is 0 Å². The Labute approximate surface area is 111 Å². The molecule has 4 heteroatoms. The summed E-state index contributed by atoms with van der Waals surface area (Å²) >= 11 is 0. The fourth-order valence-corrected chi connectivity index (χ4v) is 1.92. The molecule has 2 N–H and O–H groups in total. The van der Waals surface area contributed by atoms with Crippen LogP contribution >= 0.6 is 0 Å². The number of nitrogens with two attached hydrogens (primary N) is 1. The summed E-state index contributed by atoms with van der Waals surface area (Å²) in [4.78, 5) is 4.29. The number of hydrogen-bond acceptors (Lipinski definition) is 2. The maximum Gasteiger partial charge on any atom is 0.126 e. The van der Waals surface area contributed by atoms with E-state index in [9.17, 15) is 8.78 Å². The van der Waals surface area contributed by atoms with Crippen molar-refractivity contribution in [3.05, 3.63) is 65.0 Å². The molecular weight excluding hydrogens is 246 g/mol. The second kappa shape index (κ2) is 5.89. The van der Waals surface area contributed by atoms with E-state index in [1.54, 1.807) is 6.20 Å². The van der Waals surface area contributed by atoms with E-state index in [0.29, 0.717) is 12.0 Å². The molecule has 0 saturated heterocycles. The van der Waals surface area contributed by atoms with Crippen molar-refractivity contribution in [2.75, 3.05) is 0 Å². The Hall–Kier alpha value is -1.81. The Kier molecular flexibility index (Phi) is 4.22. The largest absolute Gasteiger partial charge is 0.324 e. The highest BCUT2D eigenvalue weighted by molar-refractivity contribution is 5.23. The molecule has 0 aliphatic heterocycles. The molecule has 0 bridgehead atoms. The van der Waals surface area contributed by atoms with Gasteiger partial charge in [0.1, 0.15) is 11.6 Å². The predicted octanol–water partition coefficient (Wildman–Crippen LogP) is 3.16. The minimum atomic E-state index is -0.611. The standard InChI is InChI=1S/C15H16F2N2/c1-2-10-3-4-14(19-9-10)8-15(18)11-5-12(16)7-13(17)6-11/h3-7,9,15H,2,8,18H2,1H3. The van der Waals surface area contributed by atoms with Crippen molar-refractivity contribution in [1.82, 2.24) is 4.98 Å². The first-order valence-corrected chi connectivity index (χ1v) is 6.24. The third-order valence-corrected chi connectivity index (χ3v) is 3.04. The van der Waals surface area contributed by atoms with Crippen molar-refractivity contribution in [1.29, 1.82) is 0 Å². The molecule has 2 nitrogen and oxygen atoms in total. The van der Waals surface area contributed by atoms with Crippen LogP contribution in [0.25, 0.3) is 0 Å². The summed E-state index contributed by atoms with van der Waals surface area (Å²) in [7, 11) is 0. The molecule has 0 amide bonds. The molecule has 100 valence electrons. The number of aryl methyl sites for hydroxylation is 1. The van der Waals surface area contributed by atoms with Crippen LogP contribution in [-0.4, -0.2) is 4.98 Å². The number of benzene rings is 1. The van der Waals surface area contributed by atoms with Crippen molar-refractivity contribution in [2.24, 2.45) is 5.73 Å². The number of hydrogen-bond donors (Lipinski definition) is 1. The van der Waals surface area contributed by atoms with E-state index >= 15 is 0 Å². The minimum Gasteiger partial charge on any atom is -0.324 e. The topological polar surface area (TPSA) is 38.9 Å². The zero-order valence-electron chi connectivity index (χ0n) is 10.7. The lowest BCUT2D eigenvalue weighted by Crippen LogP contribution is -2.14. The van der Waals surface area contributed by atoms with Crippen LogP contribution < -0.4 is 5.73 Å². The molecule has 0 spiro atoms. The summed E-state index contributed by atoms with van der Waals surface area (Å²) in [5, 5.41) is 0. The van der Waals surface area contributed by atoms with E-state index in [1.165, 1.54) is 12.1 Å². The highest BCUT2D eigenvalue weighted by atomic mass is 19.1. The molecule has 2 rings (SSSR count). The summed E-state index contributed by atoms with van der Waals surface area (Å²) < 4.78 is 26.2. The van der Waals surface area contributed by atoms with Crippen molar-refractivity contribution < 1.29 is 8.78 Å². The van der Waals surface area contributed by atoms with Crippen LogP contribution in [0.1, 0.15) is 29.8 Å². The molecule has 0 radical (unpaired) electrons. The number of pyridine rings is 1. The van der Waals surface area contributed by atoms with Gasteiger partial charge in [-0.05, 0) is 35.7 Å². The predicted molar refractivity (Wildman–Crippen MR) is 70.6 cm³/mol. The van der Waals surface area contributed by atoms with Crippen molar-refractivity contribution in [3.63, 3.8) is 0 Å². The van der Waals surface area contributed by atoms with Crippen LogP contribution in [0.5, 0.6) is 0 Å². The lowest BCUT2D eigenvalue weighted by Gasteiger charge is -2.12. The second-order valence-corrected chi connectivity index (χ2v) is 4.52. The normalized spacial score (nSPS) is 12.4. The monoisotopic (exact) mass is 262 g/mol. The summed E-state index contributed by atoms with van der Waals surface area (Å²) in [6.45, 7) is 2.05. The fourth-order valence-electron chi connectivity index (χ4n) is 1.92. The Balaban J connectivity index is 2.13. The molecule has 1 atom stereocenters. The van der Waals surface area contributed by atoms with Crippen molar-refractivity contribution in [2.45, 2.75) is 25.8 Å². The third kappa shape index (κ3) is 3.58. The molecule has 0 aliphatic carbocycles. The van der Waals surface area contributed by atoms with Crippen LogP contribution in [-0.2, 0) is 12.8 Å². The SMILES string of the molecule is CCc1ccc(CC(N)c2cc(F)cc(F)c2)nc1. The lowest BCUT2D eigenvalue weighted by molar-refractivity contribution is 0.572. The first-order valence-electron chi connectivity index (χ1n) is 6.24. The molecule has 0 saturated carbocycles. The molecule has 19 heavy (non-hydrogen) atoms. The number of nitrogens with zero attached hydrogens (tertiary/aromatic N) is 1. The van der Waals surface area contributed by atoms with E-state index in [0.717, 1.165) is 23.7 Å². The first kappa shape index (κ1) is 13.6. The van der Waals surface area contributed by atoms with E-state index in [4.69, 9.17) is 5.73 Å². The molecule has 1 aromatic heterocycles. The Morgan fingerprint density at radius 1 is 1.16 bits per heavy atom. The lowest BCUT2D eigenvalue weighted by atomic mass is 10.0. The maximum atomic E-state index is 13.1. The van der Waals surface area contributed by atoms with Crippen molar-refractivity contribution >= 4 is 0 Å². The van der Waals surface area contributed by atoms with E-state index < -0.39 is 17.7 Å². The van der Waals surface area contributed by atoms with Gasteiger partial charge >= 0.3 is 0 Å². The Morgan fingerprint density at radius 2 is 1.84 bits per heavy atom. The summed E-state index contributed by atoms with van der Waals surface area (Å²) in [6.07, 6.45) is 3.18. The van der Waals surface area contributed by atoms with E-state index in [1.807, 2.05) is 12.1 Å². The molecule has 1 aromatic carbocycles. The van der Waals surface area contributed by atoms with Gasteiger partial charge in [-0.25, -0.2) is 8.78 Å². The highest BCUT2D eigenvalue weighted by Crippen LogP contribution is 2.18. The molecule has 1 unspecified atom stereocenters. The molecule has 0 fully saturated rings. The van der Waals surface area contributed by atoms with E-state index in [-0.39, 0.29) is 0 Å². The van der Waals surface area contributed by atoms with Gasteiger partial charge in [0.15, 0.2) is 0 Å². The molecule has 2 aromatic rings. The van der Waals surface area contributed by atoms with Gasteiger partial charge in [-0.15, -0.1) is 0 Å². The van der Waals surface area contributed by atoms with Gasteiger partial charge < -0.3 is 5.73 Å². The highest BCUT2D eigenvalue weighted by Gasteiger charge is 2.10. The third-order valence-electron chi connectivity index (χ3n) is 3.04. The molecule has 0 aliphatic rings. The van der Waals surface area contributed by atoms with Gasteiger partial charge in [0.05, 0.1) is 0 Å². The number of rotatable bonds is 4. The number of aromatic nitrogens is 1. The van der Waals surface area contributed by atoms with Gasteiger partial charge in [0.2, 0.25) is 0 Å². The van der Waals surface area contributed by atoms with Gasteiger partial charge in [0, 0.05) is 30.4 Å². The second-order valence-electron chi connectivity index (χ2n) is 4.52.